The number of hydrogen-bond donors (Lipinski definition) is 2. The van der Waals surface area contributed by atoms with Gasteiger partial charge in [0.05, 0.1) is 16.3 Å². The summed E-state index contributed by atoms with van der Waals surface area (Å²) in [5, 5.41) is 12.5. The fourth-order valence-electron chi connectivity index (χ4n) is 0.898. The van der Waals surface area contributed by atoms with Crippen molar-refractivity contribution in [2.24, 2.45) is 10.8 Å². The normalized spacial score (nSPS) is 12.0. The molecular weight excluding hydrogens is 247 g/mol. The average molecular weight is 260 g/mol. The molecule has 0 saturated heterocycles. The second kappa shape index (κ2) is 4.82. The fraction of sp³-hybridized carbons (Fsp3) is 0.200. The molecule has 0 aromatic heterocycles. The molecule has 0 bridgehead atoms. The number of nitrogens with zero attached hydrogens (tertiary/aromatic N) is 2. The van der Waals surface area contributed by atoms with Gasteiger partial charge in [0.2, 0.25) is 0 Å². The van der Waals surface area contributed by atoms with E-state index in [0.29, 0.717) is 15.6 Å². The summed E-state index contributed by atoms with van der Waals surface area (Å²) in [4.78, 5) is 0. The quantitative estimate of drug-likeness (QED) is 0.364. The smallest absolute Gasteiger partial charge is 0.318 e. The highest BCUT2D eigenvalue weighted by Gasteiger charge is 2.18. The van der Waals surface area contributed by atoms with Crippen LogP contribution in [0, 0.1) is 5.41 Å². The molecule has 0 radical (unpaired) electrons. The summed E-state index contributed by atoms with van der Waals surface area (Å²) in [6.45, 7) is 0. The van der Waals surface area contributed by atoms with Gasteiger partial charge in [0.15, 0.2) is 0 Å². The topological polar surface area (TPSA) is 62.2 Å². The second-order valence-electron chi connectivity index (χ2n) is 3.66. The van der Waals surface area contributed by atoms with Crippen molar-refractivity contribution in [3.05, 3.63) is 33.8 Å². The van der Waals surface area contributed by atoms with E-state index in [-0.39, 0.29) is 10.6 Å². The van der Waals surface area contributed by atoms with Crippen molar-refractivity contribution in [3.63, 3.8) is 0 Å². The molecule has 4 nitrogen and oxygen atoms in total. The second-order valence-corrected chi connectivity index (χ2v) is 4.47. The van der Waals surface area contributed by atoms with Crippen LogP contribution in [-0.4, -0.2) is 30.9 Å². The van der Waals surface area contributed by atoms with Crippen molar-refractivity contribution in [2.45, 2.75) is 0 Å². The lowest BCUT2D eigenvalue weighted by molar-refractivity contribution is -0.807. The largest absolute Gasteiger partial charge is 0.336 e. The van der Waals surface area contributed by atoms with Gasteiger partial charge in [-0.1, -0.05) is 34.4 Å². The number of quaternary nitrogens is 1. The van der Waals surface area contributed by atoms with E-state index in [9.17, 15) is 0 Å². The van der Waals surface area contributed by atoms with Gasteiger partial charge in [-0.15, -0.1) is 4.59 Å². The maximum atomic E-state index is 7.34. The first-order valence-corrected chi connectivity index (χ1v) is 5.28. The molecule has 16 heavy (non-hydrogen) atoms. The first kappa shape index (κ1) is 13.0. The first-order chi connectivity index (χ1) is 7.34. The van der Waals surface area contributed by atoms with Gasteiger partial charge in [0.1, 0.15) is 14.1 Å². The summed E-state index contributed by atoms with van der Waals surface area (Å²) >= 11 is 11.9. The monoisotopic (exact) mass is 259 g/mol. The molecular formula is C10H13Cl2N4+. The fourth-order valence-corrected chi connectivity index (χ4v) is 1.39. The summed E-state index contributed by atoms with van der Waals surface area (Å²) in [5.74, 6) is -0.0700. The van der Waals surface area contributed by atoms with Crippen LogP contribution in [0.3, 0.4) is 0 Å². The minimum Gasteiger partial charge on any atom is -0.336 e. The highest BCUT2D eigenvalue weighted by molar-refractivity contribution is 6.38. The molecule has 0 aliphatic rings. The SMILES string of the molecule is C[N+](C)(/N=C/c1c(Cl)cccc1Cl)C(=N)N. The van der Waals surface area contributed by atoms with Crippen LogP contribution in [0.1, 0.15) is 5.56 Å². The maximum Gasteiger partial charge on any atom is 0.318 e. The van der Waals surface area contributed by atoms with Crippen molar-refractivity contribution in [2.75, 3.05) is 14.1 Å². The van der Waals surface area contributed by atoms with E-state index >= 15 is 0 Å². The molecule has 0 aliphatic heterocycles. The Balaban J connectivity index is 3.06. The van der Waals surface area contributed by atoms with E-state index in [2.05, 4.69) is 5.10 Å². The Morgan fingerprint density at radius 1 is 1.38 bits per heavy atom. The van der Waals surface area contributed by atoms with E-state index in [1.165, 1.54) is 6.21 Å². The number of nitrogens with two attached hydrogens (primary N) is 1. The van der Waals surface area contributed by atoms with Crippen molar-refractivity contribution in [1.29, 1.82) is 5.41 Å². The molecule has 0 heterocycles. The minimum absolute atomic E-state index is 0.0700. The minimum atomic E-state index is -0.0957. The van der Waals surface area contributed by atoms with Gasteiger partial charge in [0, 0.05) is 5.56 Å². The van der Waals surface area contributed by atoms with Crippen LogP contribution in [-0.2, 0) is 0 Å². The zero-order valence-electron chi connectivity index (χ0n) is 9.04. The molecule has 1 aromatic rings. The molecule has 6 heteroatoms. The number of guanidine groups is 1. The molecule has 0 unspecified atom stereocenters. The molecule has 1 rings (SSSR count). The van der Waals surface area contributed by atoms with E-state index in [0.717, 1.165) is 0 Å². The van der Waals surface area contributed by atoms with Crippen molar-refractivity contribution in [1.82, 2.24) is 0 Å². The Bertz CT molecular complexity index is 420. The molecule has 0 atom stereocenters. The number of benzene rings is 1. The summed E-state index contributed by atoms with van der Waals surface area (Å²) in [6, 6.07) is 5.21. The number of nitrogens with one attached hydrogen (secondary N) is 1. The van der Waals surface area contributed by atoms with E-state index in [4.69, 9.17) is 34.3 Å². The van der Waals surface area contributed by atoms with Gasteiger partial charge in [-0.05, 0) is 12.1 Å². The number of rotatable bonds is 2. The highest BCUT2D eigenvalue weighted by atomic mass is 35.5. The Morgan fingerprint density at radius 2 is 1.88 bits per heavy atom. The van der Waals surface area contributed by atoms with Crippen molar-refractivity contribution in [3.8, 4) is 0 Å². The molecule has 86 valence electrons. The third kappa shape index (κ3) is 2.95. The number of hydrogen-bond acceptors (Lipinski definition) is 2. The van der Waals surface area contributed by atoms with Crippen molar-refractivity contribution >= 4 is 35.4 Å². The molecule has 0 spiro atoms. The lowest BCUT2D eigenvalue weighted by Gasteiger charge is -2.18. The summed E-state index contributed by atoms with van der Waals surface area (Å²) in [6.07, 6.45) is 1.52. The van der Waals surface area contributed by atoms with Crippen LogP contribution in [0.5, 0.6) is 0 Å². The van der Waals surface area contributed by atoms with Gasteiger partial charge in [-0.25, -0.2) is 5.41 Å². The summed E-state index contributed by atoms with van der Waals surface area (Å²) in [7, 11) is 3.37. The molecule has 0 saturated carbocycles. The van der Waals surface area contributed by atoms with Crippen LogP contribution in [0.25, 0.3) is 0 Å². The predicted molar refractivity (Wildman–Crippen MR) is 68.1 cm³/mol. The third-order valence-corrected chi connectivity index (χ3v) is 2.72. The lowest BCUT2D eigenvalue weighted by atomic mass is 10.2. The van der Waals surface area contributed by atoms with Crippen LogP contribution < -0.4 is 5.73 Å². The van der Waals surface area contributed by atoms with Gasteiger partial charge >= 0.3 is 5.96 Å². The first-order valence-electron chi connectivity index (χ1n) is 4.53. The molecule has 0 amide bonds. The Kier molecular flexibility index (Phi) is 3.91. The highest BCUT2D eigenvalue weighted by Crippen LogP contribution is 2.22. The van der Waals surface area contributed by atoms with Crippen LogP contribution in [0.4, 0.5) is 0 Å². The van der Waals surface area contributed by atoms with E-state index in [1.54, 1.807) is 32.3 Å². The Labute approximate surface area is 104 Å². The predicted octanol–water partition coefficient (Wildman–Crippen LogP) is 2.30. The standard InChI is InChI=1S/C10H13Cl2N4/c1-16(2,10(13)14)15-6-7-8(11)4-3-5-9(7)12/h3-6H,1-2H3,(H3,13,14)/q+1/b15-6+. The van der Waals surface area contributed by atoms with Gasteiger partial charge in [-0.2, -0.15) is 0 Å². The maximum absolute atomic E-state index is 7.34. The molecule has 1 aromatic carbocycles. The van der Waals surface area contributed by atoms with E-state index < -0.39 is 0 Å². The molecule has 0 aliphatic carbocycles. The third-order valence-electron chi connectivity index (χ3n) is 2.06. The van der Waals surface area contributed by atoms with Gasteiger partial charge in [-0.3, -0.25) is 0 Å². The lowest BCUT2D eigenvalue weighted by Crippen LogP contribution is -2.45. The molecule has 3 N–H and O–H groups in total. The van der Waals surface area contributed by atoms with Gasteiger partial charge in [0.25, 0.3) is 0 Å². The Hall–Kier alpha value is -1.10. The summed E-state index contributed by atoms with van der Waals surface area (Å²) in [5.41, 5.74) is 6.01. The van der Waals surface area contributed by atoms with Gasteiger partial charge < -0.3 is 5.73 Å². The average Bonchev–Trinajstić information content (AvgIpc) is 2.16. The van der Waals surface area contributed by atoms with E-state index in [1.807, 2.05) is 0 Å². The summed E-state index contributed by atoms with van der Waals surface area (Å²) < 4.78 is -0.0957. The van der Waals surface area contributed by atoms with Crippen LogP contribution in [0.15, 0.2) is 23.3 Å². The van der Waals surface area contributed by atoms with Crippen LogP contribution in [0.2, 0.25) is 10.0 Å². The number of halogens is 2. The zero-order chi connectivity index (χ0) is 12.3. The van der Waals surface area contributed by atoms with Crippen molar-refractivity contribution < 1.29 is 4.59 Å². The Morgan fingerprint density at radius 3 is 2.31 bits per heavy atom. The zero-order valence-corrected chi connectivity index (χ0v) is 10.5. The molecule has 0 fully saturated rings. The van der Waals surface area contributed by atoms with Crippen LogP contribution >= 0.6 is 23.2 Å².